The first kappa shape index (κ1) is 16.6. The number of nitrogens with zero attached hydrogens (tertiary/aromatic N) is 2. The molecule has 3 nitrogen and oxygen atoms in total. The number of nitrogens with one attached hydrogen (secondary N) is 1. The molecule has 3 aliphatic heterocycles. The van der Waals surface area contributed by atoms with Gasteiger partial charge in [-0.3, -0.25) is 4.90 Å². The standard InChI is InChI=1S/C21H33N3/c1-16(17-7-4-3-5-8-17)24-12-11-18(15-24)22-19-13-20-9-6-10-21(14-19)23(20)2/h3-5,7-8,16,18-22H,6,9-15H2,1-2H3/t16-,18+,19?,20-,21+/m0/s1. The van der Waals surface area contributed by atoms with Crippen LogP contribution in [0.1, 0.15) is 57.1 Å². The van der Waals surface area contributed by atoms with Crippen LogP contribution in [0.3, 0.4) is 0 Å². The molecule has 1 unspecified atom stereocenters. The van der Waals surface area contributed by atoms with Gasteiger partial charge in [0.15, 0.2) is 0 Å². The van der Waals surface area contributed by atoms with Crippen LogP contribution in [0, 0.1) is 0 Å². The van der Waals surface area contributed by atoms with E-state index in [4.69, 9.17) is 0 Å². The van der Waals surface area contributed by atoms with E-state index >= 15 is 0 Å². The molecule has 0 amide bonds. The van der Waals surface area contributed by atoms with Crippen molar-refractivity contribution in [3.63, 3.8) is 0 Å². The Morgan fingerprint density at radius 1 is 1.00 bits per heavy atom. The summed E-state index contributed by atoms with van der Waals surface area (Å²) in [5.74, 6) is 0. The van der Waals surface area contributed by atoms with Gasteiger partial charge in [-0.15, -0.1) is 0 Å². The van der Waals surface area contributed by atoms with Crippen molar-refractivity contribution in [1.82, 2.24) is 15.1 Å². The lowest BCUT2D eigenvalue weighted by molar-refractivity contribution is 0.0459. The number of piperidine rings is 2. The molecule has 0 radical (unpaired) electrons. The number of fused-ring (bicyclic) bond motifs is 2. The van der Waals surface area contributed by atoms with Gasteiger partial charge < -0.3 is 10.2 Å². The molecule has 0 aliphatic carbocycles. The number of hydrogen-bond donors (Lipinski definition) is 1. The van der Waals surface area contributed by atoms with Gasteiger partial charge >= 0.3 is 0 Å². The van der Waals surface area contributed by atoms with Crippen molar-refractivity contribution in [2.75, 3.05) is 20.1 Å². The van der Waals surface area contributed by atoms with Crippen molar-refractivity contribution in [2.45, 2.75) is 75.7 Å². The summed E-state index contributed by atoms with van der Waals surface area (Å²) in [5, 5.41) is 4.03. The van der Waals surface area contributed by atoms with E-state index in [1.54, 1.807) is 0 Å². The Morgan fingerprint density at radius 3 is 2.42 bits per heavy atom. The second kappa shape index (κ2) is 7.15. The molecule has 1 N–H and O–H groups in total. The van der Waals surface area contributed by atoms with Crippen LogP contribution in [0.2, 0.25) is 0 Å². The molecular weight excluding hydrogens is 294 g/mol. The maximum atomic E-state index is 4.03. The fourth-order valence-electron chi connectivity index (χ4n) is 5.30. The third kappa shape index (κ3) is 3.40. The van der Waals surface area contributed by atoms with E-state index in [1.807, 2.05) is 0 Å². The third-order valence-corrected chi connectivity index (χ3v) is 6.86. The molecule has 0 aromatic heterocycles. The van der Waals surface area contributed by atoms with E-state index < -0.39 is 0 Å². The summed E-state index contributed by atoms with van der Waals surface area (Å²) in [4.78, 5) is 5.32. The van der Waals surface area contributed by atoms with E-state index in [0.717, 1.165) is 18.1 Å². The predicted octanol–water partition coefficient (Wildman–Crippen LogP) is 3.43. The lowest BCUT2D eigenvalue weighted by atomic mass is 9.82. The second-order valence-corrected chi connectivity index (χ2v) is 8.31. The Labute approximate surface area is 147 Å². The van der Waals surface area contributed by atoms with E-state index in [9.17, 15) is 0 Å². The molecule has 1 aromatic rings. The lowest BCUT2D eigenvalue weighted by Crippen LogP contribution is -2.56. The number of likely N-dealkylation sites (tertiary alicyclic amines) is 1. The minimum atomic E-state index is 0.537. The fraction of sp³-hybridized carbons (Fsp3) is 0.714. The summed E-state index contributed by atoms with van der Waals surface area (Å²) >= 11 is 0. The molecule has 0 spiro atoms. The first-order valence-electron chi connectivity index (χ1n) is 9.97. The first-order valence-corrected chi connectivity index (χ1v) is 9.97. The van der Waals surface area contributed by atoms with Crippen molar-refractivity contribution in [1.29, 1.82) is 0 Å². The molecule has 3 fully saturated rings. The SMILES string of the molecule is C[C@@H](c1ccccc1)N1CC[C@@H](NC2C[C@H]3CCC[C@@H](C2)N3C)C1. The average Bonchev–Trinajstić information content (AvgIpc) is 3.04. The first-order chi connectivity index (χ1) is 11.7. The maximum Gasteiger partial charge on any atom is 0.0320 e. The largest absolute Gasteiger partial charge is 0.310 e. The molecular formula is C21H33N3. The second-order valence-electron chi connectivity index (χ2n) is 8.31. The van der Waals surface area contributed by atoms with Gasteiger partial charge in [-0.1, -0.05) is 36.8 Å². The number of rotatable bonds is 4. The van der Waals surface area contributed by atoms with E-state index in [-0.39, 0.29) is 0 Å². The highest BCUT2D eigenvalue weighted by atomic mass is 15.2. The molecule has 5 atom stereocenters. The lowest BCUT2D eigenvalue weighted by Gasteiger charge is -2.47. The zero-order valence-corrected chi connectivity index (χ0v) is 15.3. The zero-order valence-electron chi connectivity index (χ0n) is 15.3. The van der Waals surface area contributed by atoms with Gasteiger partial charge in [0.05, 0.1) is 0 Å². The molecule has 3 saturated heterocycles. The topological polar surface area (TPSA) is 18.5 Å². The molecule has 24 heavy (non-hydrogen) atoms. The molecule has 0 saturated carbocycles. The third-order valence-electron chi connectivity index (χ3n) is 6.86. The van der Waals surface area contributed by atoms with E-state index in [0.29, 0.717) is 12.1 Å². The van der Waals surface area contributed by atoms with Gasteiger partial charge in [-0.25, -0.2) is 0 Å². The van der Waals surface area contributed by atoms with Crippen molar-refractivity contribution in [2.24, 2.45) is 0 Å². The highest BCUT2D eigenvalue weighted by Gasteiger charge is 2.37. The Kier molecular flexibility index (Phi) is 4.93. The normalized spacial score (nSPS) is 35.9. The molecule has 3 aliphatic rings. The molecule has 2 bridgehead atoms. The summed E-state index contributed by atoms with van der Waals surface area (Å²) < 4.78 is 0. The molecule has 132 valence electrons. The molecule has 3 heteroatoms. The van der Waals surface area contributed by atoms with Gasteiger partial charge in [-0.2, -0.15) is 0 Å². The summed E-state index contributed by atoms with van der Waals surface area (Å²) in [6, 6.07) is 14.6. The highest BCUT2D eigenvalue weighted by molar-refractivity contribution is 5.18. The van der Waals surface area contributed by atoms with Crippen LogP contribution in [-0.2, 0) is 0 Å². The van der Waals surface area contributed by atoms with Crippen LogP contribution in [0.15, 0.2) is 30.3 Å². The Hall–Kier alpha value is -0.900. The predicted molar refractivity (Wildman–Crippen MR) is 100 cm³/mol. The van der Waals surface area contributed by atoms with E-state index in [2.05, 4.69) is 59.4 Å². The number of hydrogen-bond acceptors (Lipinski definition) is 3. The Bertz CT molecular complexity index is 517. The summed E-state index contributed by atoms with van der Waals surface area (Å²) in [6.07, 6.45) is 8.28. The van der Waals surface area contributed by atoms with Crippen LogP contribution in [0.25, 0.3) is 0 Å². The fourth-order valence-corrected chi connectivity index (χ4v) is 5.30. The summed E-state index contributed by atoms with van der Waals surface area (Å²) in [7, 11) is 2.35. The molecule has 3 heterocycles. The van der Waals surface area contributed by atoms with Crippen molar-refractivity contribution >= 4 is 0 Å². The van der Waals surface area contributed by atoms with Crippen molar-refractivity contribution in [3.05, 3.63) is 35.9 Å². The minimum Gasteiger partial charge on any atom is -0.310 e. The average molecular weight is 328 g/mol. The zero-order chi connectivity index (χ0) is 16.5. The van der Waals surface area contributed by atoms with Crippen LogP contribution in [0.5, 0.6) is 0 Å². The maximum absolute atomic E-state index is 4.03. The van der Waals surface area contributed by atoms with Crippen LogP contribution in [-0.4, -0.2) is 54.1 Å². The van der Waals surface area contributed by atoms with Gasteiger partial charge in [0, 0.05) is 43.3 Å². The molecule has 1 aromatic carbocycles. The monoisotopic (exact) mass is 327 g/mol. The van der Waals surface area contributed by atoms with Crippen molar-refractivity contribution in [3.8, 4) is 0 Å². The van der Waals surface area contributed by atoms with Crippen LogP contribution >= 0.6 is 0 Å². The smallest absolute Gasteiger partial charge is 0.0320 e. The van der Waals surface area contributed by atoms with Crippen LogP contribution < -0.4 is 5.32 Å². The van der Waals surface area contributed by atoms with Gasteiger partial charge in [-0.05, 0) is 51.6 Å². The van der Waals surface area contributed by atoms with Gasteiger partial charge in [0.1, 0.15) is 0 Å². The molecule has 4 rings (SSSR count). The highest BCUT2D eigenvalue weighted by Crippen LogP contribution is 2.33. The number of benzene rings is 1. The van der Waals surface area contributed by atoms with E-state index in [1.165, 1.54) is 57.2 Å². The Morgan fingerprint density at radius 2 is 1.71 bits per heavy atom. The van der Waals surface area contributed by atoms with Crippen molar-refractivity contribution < 1.29 is 0 Å². The minimum absolute atomic E-state index is 0.537. The van der Waals surface area contributed by atoms with Gasteiger partial charge in [0.25, 0.3) is 0 Å². The summed E-state index contributed by atoms with van der Waals surface area (Å²) in [6.45, 7) is 4.79. The van der Waals surface area contributed by atoms with Crippen LogP contribution in [0.4, 0.5) is 0 Å². The van der Waals surface area contributed by atoms with Gasteiger partial charge in [0.2, 0.25) is 0 Å². The Balaban J connectivity index is 1.31. The quantitative estimate of drug-likeness (QED) is 0.914. The summed E-state index contributed by atoms with van der Waals surface area (Å²) in [5.41, 5.74) is 1.45.